The van der Waals surface area contributed by atoms with E-state index in [1.54, 1.807) is 26.8 Å². The number of carbonyl (C=O) groups is 4. The van der Waals surface area contributed by atoms with Crippen LogP contribution in [-0.4, -0.2) is 56.0 Å². The van der Waals surface area contributed by atoms with Crippen LogP contribution in [0.15, 0.2) is 30.3 Å². The highest BCUT2D eigenvalue weighted by Gasteiger charge is 2.29. The number of nitrogens with one attached hydrogen (secondary N) is 3. The summed E-state index contributed by atoms with van der Waals surface area (Å²) in [6.07, 6.45) is -2.92. The second-order valence-electron chi connectivity index (χ2n) is 9.25. The van der Waals surface area contributed by atoms with E-state index in [1.807, 2.05) is 0 Å². The summed E-state index contributed by atoms with van der Waals surface area (Å²) in [5, 5.41) is 7.69. The number of benzene rings is 1. The zero-order valence-electron chi connectivity index (χ0n) is 20.4. The predicted octanol–water partition coefficient (Wildman–Crippen LogP) is 3.60. The molecule has 3 rings (SSSR count). The second kappa shape index (κ2) is 12.0. The molecular formula is C24H27ClF2N4O5S. The first-order chi connectivity index (χ1) is 17.4. The number of carbonyl (C=O) groups excluding carboxylic acids is 4. The van der Waals surface area contributed by atoms with Crippen molar-refractivity contribution in [2.75, 3.05) is 36.5 Å². The van der Waals surface area contributed by atoms with Gasteiger partial charge in [0.15, 0.2) is 0 Å². The van der Waals surface area contributed by atoms with Crippen LogP contribution in [-0.2, 0) is 19.1 Å². The Kier molecular flexibility index (Phi) is 9.21. The van der Waals surface area contributed by atoms with Crippen molar-refractivity contribution >= 4 is 57.9 Å². The Morgan fingerprint density at radius 2 is 1.92 bits per heavy atom. The first kappa shape index (κ1) is 28.5. The summed E-state index contributed by atoms with van der Waals surface area (Å²) in [6, 6.07) is 5.67. The fraction of sp³-hybridized carbons (Fsp3) is 0.417. The predicted molar refractivity (Wildman–Crippen MR) is 136 cm³/mol. The molecule has 2 heterocycles. The Morgan fingerprint density at radius 3 is 2.51 bits per heavy atom. The van der Waals surface area contributed by atoms with Crippen LogP contribution in [0, 0.1) is 5.41 Å². The van der Waals surface area contributed by atoms with Crippen LogP contribution in [0.25, 0.3) is 0 Å². The van der Waals surface area contributed by atoms with Gasteiger partial charge in [-0.3, -0.25) is 19.2 Å². The summed E-state index contributed by atoms with van der Waals surface area (Å²) in [7, 11) is 0. The molecule has 1 atom stereocenters. The zero-order valence-corrected chi connectivity index (χ0v) is 22.0. The standard InChI is InChI=1S/C24H27ClF2N4O5S/c1-24(2,3)23(35)30-15(11-28-22(34)17-6-7-18(25)37-17)21(33)29-13-4-5-16(14(10-13)20(26)27)31-8-9-36-12-19(31)32/h4-7,10,15,20H,8-9,11-12H2,1-3H3,(H,28,34)(H,29,33)(H,30,35)/t15-/m0/s1. The van der Waals surface area contributed by atoms with E-state index in [4.69, 9.17) is 16.3 Å². The molecule has 9 nitrogen and oxygen atoms in total. The van der Waals surface area contributed by atoms with Crippen molar-refractivity contribution in [1.29, 1.82) is 0 Å². The zero-order chi connectivity index (χ0) is 27.3. The summed E-state index contributed by atoms with van der Waals surface area (Å²) >= 11 is 6.92. The minimum absolute atomic E-state index is 0.0285. The van der Waals surface area contributed by atoms with E-state index in [0.29, 0.717) is 9.21 Å². The van der Waals surface area contributed by atoms with E-state index in [2.05, 4.69) is 16.0 Å². The molecule has 1 aliphatic heterocycles. The summed E-state index contributed by atoms with van der Waals surface area (Å²) in [5.41, 5.74) is -1.21. The van der Waals surface area contributed by atoms with Gasteiger partial charge in [0, 0.05) is 29.8 Å². The molecule has 0 saturated carbocycles. The molecule has 37 heavy (non-hydrogen) atoms. The van der Waals surface area contributed by atoms with E-state index in [0.717, 1.165) is 17.4 Å². The van der Waals surface area contributed by atoms with Gasteiger partial charge in [0.25, 0.3) is 18.2 Å². The van der Waals surface area contributed by atoms with E-state index >= 15 is 0 Å². The van der Waals surface area contributed by atoms with Gasteiger partial charge in [-0.2, -0.15) is 0 Å². The Balaban J connectivity index is 1.79. The number of halogens is 3. The maximum Gasteiger partial charge on any atom is 0.265 e. The van der Waals surface area contributed by atoms with Crippen molar-refractivity contribution in [3.8, 4) is 0 Å². The minimum Gasteiger partial charge on any atom is -0.370 e. The average Bonchev–Trinajstić information content (AvgIpc) is 3.27. The van der Waals surface area contributed by atoms with Crippen LogP contribution < -0.4 is 20.9 Å². The number of rotatable bonds is 8. The molecule has 1 saturated heterocycles. The quantitative estimate of drug-likeness (QED) is 0.459. The SMILES string of the molecule is CC(C)(C)C(=O)N[C@@H](CNC(=O)c1ccc(Cl)s1)C(=O)Nc1ccc(N2CCOCC2=O)c(C(F)F)c1. The molecule has 1 aromatic heterocycles. The number of thiophene rings is 1. The lowest BCUT2D eigenvalue weighted by atomic mass is 9.95. The van der Waals surface area contributed by atoms with Crippen molar-refractivity contribution in [3.63, 3.8) is 0 Å². The largest absolute Gasteiger partial charge is 0.370 e. The first-order valence-corrected chi connectivity index (χ1v) is 12.5. The van der Waals surface area contributed by atoms with Gasteiger partial charge in [-0.15, -0.1) is 11.3 Å². The summed E-state index contributed by atoms with van der Waals surface area (Å²) in [5.74, 6) is -2.11. The number of morpholine rings is 1. The van der Waals surface area contributed by atoms with Crippen LogP contribution >= 0.6 is 22.9 Å². The van der Waals surface area contributed by atoms with Gasteiger partial charge in [-0.25, -0.2) is 8.78 Å². The molecule has 0 radical (unpaired) electrons. The van der Waals surface area contributed by atoms with Gasteiger partial charge in [0.2, 0.25) is 11.8 Å². The Labute approximate surface area is 221 Å². The molecule has 0 spiro atoms. The molecule has 0 unspecified atom stereocenters. The van der Waals surface area contributed by atoms with Crippen molar-refractivity contribution in [2.24, 2.45) is 5.41 Å². The van der Waals surface area contributed by atoms with Crippen molar-refractivity contribution in [1.82, 2.24) is 10.6 Å². The Morgan fingerprint density at radius 1 is 1.19 bits per heavy atom. The number of hydrogen-bond acceptors (Lipinski definition) is 6. The van der Waals surface area contributed by atoms with Crippen molar-refractivity contribution < 1.29 is 32.7 Å². The van der Waals surface area contributed by atoms with E-state index in [1.165, 1.54) is 23.1 Å². The lowest BCUT2D eigenvalue weighted by molar-refractivity contribution is -0.132. The normalized spacial score (nSPS) is 14.9. The van der Waals surface area contributed by atoms with E-state index < -0.39 is 47.1 Å². The highest BCUT2D eigenvalue weighted by atomic mass is 35.5. The average molecular weight is 557 g/mol. The number of nitrogens with zero attached hydrogens (tertiary/aromatic N) is 1. The molecule has 1 aromatic carbocycles. The molecule has 0 aliphatic carbocycles. The maximum absolute atomic E-state index is 13.9. The number of anilines is 2. The highest BCUT2D eigenvalue weighted by Crippen LogP contribution is 2.33. The van der Waals surface area contributed by atoms with Gasteiger partial charge < -0.3 is 25.6 Å². The van der Waals surface area contributed by atoms with Gasteiger partial charge in [0.1, 0.15) is 12.6 Å². The number of amides is 4. The highest BCUT2D eigenvalue weighted by molar-refractivity contribution is 7.18. The Hall–Kier alpha value is -3.09. The maximum atomic E-state index is 13.9. The summed E-state index contributed by atoms with van der Waals surface area (Å²) in [4.78, 5) is 51.8. The summed E-state index contributed by atoms with van der Waals surface area (Å²) in [6.45, 7) is 4.84. The fourth-order valence-corrected chi connectivity index (χ4v) is 4.32. The van der Waals surface area contributed by atoms with Crippen LogP contribution in [0.5, 0.6) is 0 Å². The van der Waals surface area contributed by atoms with Crippen LogP contribution in [0.4, 0.5) is 20.2 Å². The first-order valence-electron chi connectivity index (χ1n) is 11.3. The molecule has 1 aliphatic rings. The van der Waals surface area contributed by atoms with Crippen LogP contribution in [0.1, 0.15) is 42.4 Å². The third-order valence-corrected chi connectivity index (χ3v) is 6.60. The summed E-state index contributed by atoms with van der Waals surface area (Å²) < 4.78 is 33.2. The van der Waals surface area contributed by atoms with Crippen molar-refractivity contribution in [3.05, 3.63) is 45.1 Å². The van der Waals surface area contributed by atoms with E-state index in [-0.39, 0.29) is 37.7 Å². The molecule has 13 heteroatoms. The van der Waals surface area contributed by atoms with Crippen LogP contribution in [0.3, 0.4) is 0 Å². The molecule has 1 fully saturated rings. The lowest BCUT2D eigenvalue weighted by Gasteiger charge is -2.29. The monoisotopic (exact) mass is 556 g/mol. The van der Waals surface area contributed by atoms with E-state index in [9.17, 15) is 28.0 Å². The second-order valence-corrected chi connectivity index (χ2v) is 11.0. The van der Waals surface area contributed by atoms with Gasteiger partial charge in [-0.1, -0.05) is 32.4 Å². The number of alkyl halides is 2. The molecule has 2 aromatic rings. The third kappa shape index (κ3) is 7.46. The topological polar surface area (TPSA) is 117 Å². The third-order valence-electron chi connectivity index (χ3n) is 5.37. The molecular weight excluding hydrogens is 530 g/mol. The van der Waals surface area contributed by atoms with Gasteiger partial charge >= 0.3 is 0 Å². The molecule has 0 bridgehead atoms. The molecule has 4 amide bonds. The van der Waals surface area contributed by atoms with Gasteiger partial charge in [-0.05, 0) is 30.3 Å². The Bertz CT molecular complexity index is 1180. The number of hydrogen-bond donors (Lipinski definition) is 3. The molecule has 3 N–H and O–H groups in total. The lowest BCUT2D eigenvalue weighted by Crippen LogP contribution is -2.53. The number of ether oxygens (including phenoxy) is 1. The fourth-order valence-electron chi connectivity index (χ4n) is 3.36. The van der Waals surface area contributed by atoms with Gasteiger partial charge in [0.05, 0.1) is 21.5 Å². The smallest absolute Gasteiger partial charge is 0.265 e. The molecule has 200 valence electrons. The van der Waals surface area contributed by atoms with Crippen molar-refractivity contribution in [2.45, 2.75) is 33.2 Å². The van der Waals surface area contributed by atoms with Crippen LogP contribution in [0.2, 0.25) is 4.34 Å². The minimum atomic E-state index is -2.92.